The van der Waals surface area contributed by atoms with Crippen LogP contribution in [0.5, 0.6) is 5.75 Å². The second-order valence-electron chi connectivity index (χ2n) is 6.78. The van der Waals surface area contributed by atoms with Gasteiger partial charge in [-0.25, -0.2) is 14.4 Å². The number of rotatable bonds is 3. The Kier molecular flexibility index (Phi) is 5.61. The number of carbonyl (C=O) groups is 2. The smallest absolute Gasteiger partial charge is 0.408 e. The van der Waals surface area contributed by atoms with Crippen molar-refractivity contribution in [3.63, 3.8) is 0 Å². The van der Waals surface area contributed by atoms with E-state index >= 15 is 0 Å². The molecule has 0 radical (unpaired) electrons. The molecule has 0 aliphatic rings. The first kappa shape index (κ1) is 19.8. The van der Waals surface area contributed by atoms with E-state index in [1.807, 2.05) is 0 Å². The van der Waals surface area contributed by atoms with E-state index in [0.717, 1.165) is 0 Å². The molecule has 0 spiro atoms. The van der Waals surface area contributed by atoms with E-state index in [0.29, 0.717) is 10.9 Å². The molecule has 1 aromatic carbocycles. The minimum absolute atomic E-state index is 0.0115. The van der Waals surface area contributed by atoms with Gasteiger partial charge in [0.1, 0.15) is 28.0 Å². The normalized spacial score (nSPS) is 12.5. The summed E-state index contributed by atoms with van der Waals surface area (Å²) in [6.07, 6.45) is -0.725. The number of alkyl carbamates (subject to hydrolysis) is 1. The molecule has 2 aromatic rings. The zero-order valence-corrected chi connectivity index (χ0v) is 15.9. The van der Waals surface area contributed by atoms with Crippen molar-refractivity contribution >= 4 is 34.6 Å². The SMILES string of the molecule is Cc1c(Cl)c(=O)oc2cc(OC(=O)C(C)NC(=O)OC(C)(C)C)ccc12. The van der Waals surface area contributed by atoms with Gasteiger partial charge in [0.15, 0.2) is 0 Å². The van der Waals surface area contributed by atoms with Gasteiger partial charge in [-0.05, 0) is 52.3 Å². The third-order valence-corrected chi connectivity index (χ3v) is 3.81. The zero-order chi connectivity index (χ0) is 19.6. The Morgan fingerprint density at radius 3 is 2.54 bits per heavy atom. The fourth-order valence-corrected chi connectivity index (χ4v) is 2.26. The third-order valence-electron chi connectivity index (χ3n) is 3.37. The molecular formula is C18H20ClNO6. The van der Waals surface area contributed by atoms with Crippen molar-refractivity contribution in [2.24, 2.45) is 0 Å². The van der Waals surface area contributed by atoms with Crippen LogP contribution in [-0.4, -0.2) is 23.7 Å². The van der Waals surface area contributed by atoms with Gasteiger partial charge in [0.25, 0.3) is 0 Å². The molecule has 2 rings (SSSR count). The Labute approximate surface area is 155 Å². The molecule has 0 fully saturated rings. The van der Waals surface area contributed by atoms with Crippen molar-refractivity contribution in [2.75, 3.05) is 0 Å². The van der Waals surface area contributed by atoms with Crippen molar-refractivity contribution in [3.05, 3.63) is 39.2 Å². The summed E-state index contributed by atoms with van der Waals surface area (Å²) < 4.78 is 15.4. The number of hydrogen-bond acceptors (Lipinski definition) is 6. The number of benzene rings is 1. The van der Waals surface area contributed by atoms with Gasteiger partial charge in [-0.1, -0.05) is 11.6 Å². The Bertz CT molecular complexity index is 912. The molecule has 0 bridgehead atoms. The van der Waals surface area contributed by atoms with E-state index < -0.39 is 29.3 Å². The second-order valence-corrected chi connectivity index (χ2v) is 7.15. The number of hydrogen-bond donors (Lipinski definition) is 1. The molecule has 0 aliphatic carbocycles. The summed E-state index contributed by atoms with van der Waals surface area (Å²) in [5, 5.41) is 3.04. The molecule has 26 heavy (non-hydrogen) atoms. The Morgan fingerprint density at radius 1 is 1.27 bits per heavy atom. The van der Waals surface area contributed by atoms with Gasteiger partial charge in [-0.3, -0.25) is 0 Å². The lowest BCUT2D eigenvalue weighted by Gasteiger charge is -2.21. The minimum Gasteiger partial charge on any atom is -0.444 e. The lowest BCUT2D eigenvalue weighted by Crippen LogP contribution is -2.43. The highest BCUT2D eigenvalue weighted by Gasteiger charge is 2.22. The van der Waals surface area contributed by atoms with Crippen LogP contribution >= 0.6 is 11.6 Å². The summed E-state index contributed by atoms with van der Waals surface area (Å²) in [5.41, 5.74) is -0.520. The molecule has 1 atom stereocenters. The summed E-state index contributed by atoms with van der Waals surface area (Å²) in [7, 11) is 0. The Balaban J connectivity index is 2.12. The van der Waals surface area contributed by atoms with Crippen LogP contribution in [0.4, 0.5) is 4.79 Å². The van der Waals surface area contributed by atoms with Crippen LogP contribution in [0.25, 0.3) is 11.0 Å². The van der Waals surface area contributed by atoms with Crippen LogP contribution in [0.15, 0.2) is 27.4 Å². The second kappa shape index (κ2) is 7.37. The van der Waals surface area contributed by atoms with Crippen molar-refractivity contribution in [1.29, 1.82) is 0 Å². The highest BCUT2D eigenvalue weighted by atomic mass is 35.5. The summed E-state index contributed by atoms with van der Waals surface area (Å²) in [6.45, 7) is 8.31. The average molecular weight is 382 g/mol. The van der Waals surface area contributed by atoms with Crippen LogP contribution in [0.2, 0.25) is 5.02 Å². The molecule has 0 saturated heterocycles. The van der Waals surface area contributed by atoms with E-state index in [4.69, 9.17) is 25.5 Å². The summed E-state index contributed by atoms with van der Waals surface area (Å²) >= 11 is 5.87. The maximum absolute atomic E-state index is 12.1. The zero-order valence-electron chi connectivity index (χ0n) is 15.1. The lowest BCUT2D eigenvalue weighted by atomic mass is 10.1. The van der Waals surface area contributed by atoms with E-state index in [-0.39, 0.29) is 16.4 Å². The van der Waals surface area contributed by atoms with Crippen LogP contribution in [0, 0.1) is 6.92 Å². The first-order valence-electron chi connectivity index (χ1n) is 7.92. The maximum atomic E-state index is 12.1. The van der Waals surface area contributed by atoms with Crippen LogP contribution < -0.4 is 15.7 Å². The van der Waals surface area contributed by atoms with Crippen molar-refractivity contribution in [3.8, 4) is 5.75 Å². The fraction of sp³-hybridized carbons (Fsp3) is 0.389. The summed E-state index contributed by atoms with van der Waals surface area (Å²) in [5.74, 6) is -0.520. The van der Waals surface area contributed by atoms with Crippen molar-refractivity contribution in [2.45, 2.75) is 46.3 Å². The quantitative estimate of drug-likeness (QED) is 0.496. The molecule has 1 unspecified atom stereocenters. The molecule has 1 N–H and O–H groups in total. The Morgan fingerprint density at radius 2 is 1.92 bits per heavy atom. The van der Waals surface area contributed by atoms with Crippen molar-refractivity contribution in [1.82, 2.24) is 5.32 Å². The van der Waals surface area contributed by atoms with Crippen LogP contribution in [0.3, 0.4) is 0 Å². The van der Waals surface area contributed by atoms with Crippen LogP contribution in [-0.2, 0) is 9.53 Å². The predicted octanol–water partition coefficient (Wildman–Crippen LogP) is 3.57. The highest BCUT2D eigenvalue weighted by molar-refractivity contribution is 6.31. The van der Waals surface area contributed by atoms with E-state index in [9.17, 15) is 14.4 Å². The largest absolute Gasteiger partial charge is 0.444 e. The molecule has 7 nitrogen and oxygen atoms in total. The first-order valence-corrected chi connectivity index (χ1v) is 8.30. The highest BCUT2D eigenvalue weighted by Crippen LogP contribution is 2.26. The van der Waals surface area contributed by atoms with Gasteiger partial charge in [-0.15, -0.1) is 0 Å². The standard InChI is InChI=1S/C18H20ClNO6/c1-9-12-7-6-11(8-13(12)25-16(22)14(9)19)24-15(21)10(2)20-17(23)26-18(3,4)5/h6-8,10H,1-5H3,(H,20,23). The number of nitrogens with one attached hydrogen (secondary N) is 1. The topological polar surface area (TPSA) is 94.8 Å². The van der Waals surface area contributed by atoms with E-state index in [1.165, 1.54) is 13.0 Å². The monoisotopic (exact) mass is 381 g/mol. The number of amides is 1. The number of fused-ring (bicyclic) bond motifs is 1. The van der Waals surface area contributed by atoms with Gasteiger partial charge in [0, 0.05) is 11.5 Å². The molecule has 1 amide bonds. The fourth-order valence-electron chi connectivity index (χ4n) is 2.12. The molecule has 0 aliphatic heterocycles. The number of esters is 1. The lowest BCUT2D eigenvalue weighted by molar-refractivity contribution is -0.136. The average Bonchev–Trinajstić information content (AvgIpc) is 2.50. The number of carbonyl (C=O) groups excluding carboxylic acids is 2. The predicted molar refractivity (Wildman–Crippen MR) is 96.7 cm³/mol. The number of aryl methyl sites for hydroxylation is 1. The summed E-state index contributed by atoms with van der Waals surface area (Å²) in [6, 6.07) is 3.66. The molecule has 0 saturated carbocycles. The van der Waals surface area contributed by atoms with E-state index in [2.05, 4.69) is 5.32 Å². The molecule has 140 valence electrons. The van der Waals surface area contributed by atoms with Crippen LogP contribution in [0.1, 0.15) is 33.3 Å². The van der Waals surface area contributed by atoms with Gasteiger partial charge in [0.05, 0.1) is 0 Å². The number of ether oxygens (including phenoxy) is 2. The molecular weight excluding hydrogens is 362 g/mol. The van der Waals surface area contributed by atoms with Gasteiger partial charge >= 0.3 is 17.7 Å². The van der Waals surface area contributed by atoms with Gasteiger partial charge < -0.3 is 19.2 Å². The van der Waals surface area contributed by atoms with Crippen molar-refractivity contribution < 1.29 is 23.5 Å². The summed E-state index contributed by atoms with van der Waals surface area (Å²) in [4.78, 5) is 35.5. The Hall–Kier alpha value is -2.54. The third kappa shape index (κ3) is 4.76. The molecule has 8 heteroatoms. The number of halogens is 1. The van der Waals surface area contributed by atoms with Gasteiger partial charge in [0.2, 0.25) is 0 Å². The minimum atomic E-state index is -0.931. The first-order chi connectivity index (χ1) is 12.0. The van der Waals surface area contributed by atoms with Gasteiger partial charge in [-0.2, -0.15) is 0 Å². The maximum Gasteiger partial charge on any atom is 0.408 e. The van der Waals surface area contributed by atoms with E-state index in [1.54, 1.807) is 39.8 Å². The molecule has 1 heterocycles. The molecule has 1 aromatic heterocycles.